The summed E-state index contributed by atoms with van der Waals surface area (Å²) in [5.74, 6) is 1.25. The van der Waals surface area contributed by atoms with Crippen molar-refractivity contribution in [1.82, 2.24) is 20.2 Å². The van der Waals surface area contributed by atoms with Crippen LogP contribution in [0.4, 0.5) is 5.82 Å². The smallest absolute Gasteiger partial charge is 0.224 e. The summed E-state index contributed by atoms with van der Waals surface area (Å²) in [6, 6.07) is 2.57. The average molecular weight is 392 g/mol. The van der Waals surface area contributed by atoms with Crippen molar-refractivity contribution >= 4 is 11.7 Å². The summed E-state index contributed by atoms with van der Waals surface area (Å²) < 4.78 is 10.2. The lowest BCUT2D eigenvalue weighted by atomic mass is 9.93. The van der Waals surface area contributed by atoms with Crippen molar-refractivity contribution in [3.63, 3.8) is 0 Å². The minimum atomic E-state index is 0.0992. The molecule has 0 aliphatic carbocycles. The Balaban J connectivity index is 1.49. The van der Waals surface area contributed by atoms with Gasteiger partial charge in [0.1, 0.15) is 12.1 Å². The Hall–Kier alpha value is -1.77. The lowest BCUT2D eigenvalue weighted by Gasteiger charge is -2.42. The number of aromatic nitrogens is 2. The highest BCUT2D eigenvalue weighted by atomic mass is 16.5. The van der Waals surface area contributed by atoms with Crippen LogP contribution in [0.1, 0.15) is 31.4 Å². The molecular weight excluding hydrogens is 358 g/mol. The molecule has 3 heterocycles. The first-order chi connectivity index (χ1) is 13.7. The SMILES string of the molecule is COCCNC(=O)[C@H]1CCCN(C2CCN(c3cc(COC)ncn3)CC2)C1. The number of hydrogen-bond donors (Lipinski definition) is 1. The second-order valence-electron chi connectivity index (χ2n) is 7.64. The maximum Gasteiger partial charge on any atom is 0.224 e. The molecule has 0 saturated carbocycles. The molecule has 156 valence electrons. The molecule has 1 aromatic heterocycles. The number of methoxy groups -OCH3 is 2. The molecular formula is C20H33N5O3. The fourth-order valence-corrected chi connectivity index (χ4v) is 4.22. The number of likely N-dealkylation sites (tertiary alicyclic amines) is 1. The zero-order valence-electron chi connectivity index (χ0n) is 17.1. The van der Waals surface area contributed by atoms with E-state index in [1.807, 2.05) is 6.07 Å². The number of nitrogens with one attached hydrogen (secondary N) is 1. The summed E-state index contributed by atoms with van der Waals surface area (Å²) in [6.07, 6.45) is 5.89. The molecule has 3 rings (SSSR count). The highest BCUT2D eigenvalue weighted by Gasteiger charge is 2.31. The normalized spacial score (nSPS) is 21.6. The van der Waals surface area contributed by atoms with E-state index in [1.54, 1.807) is 20.5 Å². The second-order valence-corrected chi connectivity index (χ2v) is 7.64. The largest absolute Gasteiger partial charge is 0.383 e. The van der Waals surface area contributed by atoms with Crippen molar-refractivity contribution in [3.8, 4) is 0 Å². The predicted octanol–water partition coefficient (Wildman–Crippen LogP) is 1.07. The molecule has 8 nitrogen and oxygen atoms in total. The average Bonchev–Trinajstić information content (AvgIpc) is 2.74. The van der Waals surface area contributed by atoms with Gasteiger partial charge in [0, 0.05) is 52.5 Å². The van der Waals surface area contributed by atoms with Crippen LogP contribution in [0.5, 0.6) is 0 Å². The Morgan fingerprint density at radius 1 is 1.18 bits per heavy atom. The third kappa shape index (κ3) is 5.62. The van der Waals surface area contributed by atoms with Gasteiger partial charge in [0.15, 0.2) is 0 Å². The molecule has 2 saturated heterocycles. The quantitative estimate of drug-likeness (QED) is 0.664. The van der Waals surface area contributed by atoms with Gasteiger partial charge in [-0.25, -0.2) is 9.97 Å². The molecule has 2 fully saturated rings. The molecule has 2 aliphatic heterocycles. The Bertz CT molecular complexity index is 622. The zero-order chi connectivity index (χ0) is 19.8. The van der Waals surface area contributed by atoms with E-state index in [0.717, 1.165) is 63.4 Å². The second kappa shape index (κ2) is 10.7. The number of nitrogens with zero attached hydrogens (tertiary/aromatic N) is 4. The first-order valence-electron chi connectivity index (χ1n) is 10.3. The number of hydrogen-bond acceptors (Lipinski definition) is 7. The third-order valence-corrected chi connectivity index (χ3v) is 5.74. The van der Waals surface area contributed by atoms with Gasteiger partial charge in [0.05, 0.1) is 24.8 Å². The highest BCUT2D eigenvalue weighted by Crippen LogP contribution is 2.26. The predicted molar refractivity (Wildman–Crippen MR) is 107 cm³/mol. The first kappa shape index (κ1) is 21.0. The van der Waals surface area contributed by atoms with E-state index in [4.69, 9.17) is 9.47 Å². The van der Waals surface area contributed by atoms with Gasteiger partial charge < -0.3 is 19.7 Å². The van der Waals surface area contributed by atoms with E-state index in [0.29, 0.717) is 25.8 Å². The van der Waals surface area contributed by atoms with E-state index in [9.17, 15) is 4.79 Å². The molecule has 0 radical (unpaired) electrons. The first-order valence-corrected chi connectivity index (χ1v) is 10.3. The van der Waals surface area contributed by atoms with E-state index in [1.165, 1.54) is 0 Å². The minimum absolute atomic E-state index is 0.0992. The number of carbonyl (C=O) groups excluding carboxylic acids is 1. The molecule has 8 heteroatoms. The number of amides is 1. The molecule has 0 aromatic carbocycles. The van der Waals surface area contributed by atoms with Crippen molar-refractivity contribution in [1.29, 1.82) is 0 Å². The topological polar surface area (TPSA) is 79.8 Å². The van der Waals surface area contributed by atoms with Crippen molar-refractivity contribution < 1.29 is 14.3 Å². The van der Waals surface area contributed by atoms with Crippen LogP contribution in [0.15, 0.2) is 12.4 Å². The number of carbonyl (C=O) groups is 1. The van der Waals surface area contributed by atoms with Crippen molar-refractivity contribution in [2.75, 3.05) is 58.5 Å². The monoisotopic (exact) mass is 391 g/mol. The Labute approximate surface area is 167 Å². The fraction of sp³-hybridized carbons (Fsp3) is 0.750. The molecule has 1 amide bonds. The van der Waals surface area contributed by atoms with Crippen LogP contribution in [0.25, 0.3) is 0 Å². The van der Waals surface area contributed by atoms with Gasteiger partial charge in [-0.05, 0) is 32.2 Å². The standard InChI is InChI=1S/C20H33N5O3/c1-27-11-7-21-20(26)16-4-3-8-25(13-16)18-5-9-24(10-6-18)19-12-17(14-28-2)22-15-23-19/h12,15-16,18H,3-11,13-14H2,1-2H3,(H,21,26)/t16-/m0/s1. The number of anilines is 1. The molecule has 1 atom stereocenters. The summed E-state index contributed by atoms with van der Waals surface area (Å²) in [4.78, 5) is 25.9. The molecule has 2 aliphatic rings. The van der Waals surface area contributed by atoms with Gasteiger partial charge in [0.2, 0.25) is 5.91 Å². The molecule has 0 unspecified atom stereocenters. The summed E-state index contributed by atoms with van der Waals surface area (Å²) in [7, 11) is 3.33. The lowest BCUT2D eigenvalue weighted by molar-refractivity contribution is -0.127. The van der Waals surface area contributed by atoms with Crippen molar-refractivity contribution in [2.45, 2.75) is 38.3 Å². The number of ether oxygens (including phenoxy) is 2. The van der Waals surface area contributed by atoms with Gasteiger partial charge in [0.25, 0.3) is 0 Å². The van der Waals surface area contributed by atoms with Gasteiger partial charge in [-0.1, -0.05) is 0 Å². The van der Waals surface area contributed by atoms with Crippen LogP contribution in [-0.4, -0.2) is 80.4 Å². The Morgan fingerprint density at radius 2 is 2.00 bits per heavy atom. The maximum atomic E-state index is 12.4. The van der Waals surface area contributed by atoms with Gasteiger partial charge in [-0.3, -0.25) is 9.69 Å². The molecule has 1 N–H and O–H groups in total. The Morgan fingerprint density at radius 3 is 2.75 bits per heavy atom. The van der Waals surface area contributed by atoms with Crippen molar-refractivity contribution in [2.24, 2.45) is 5.92 Å². The summed E-state index contributed by atoms with van der Waals surface area (Å²) >= 11 is 0. The van der Waals surface area contributed by atoms with E-state index in [-0.39, 0.29) is 11.8 Å². The van der Waals surface area contributed by atoms with E-state index < -0.39 is 0 Å². The van der Waals surface area contributed by atoms with Crippen LogP contribution in [-0.2, 0) is 20.9 Å². The van der Waals surface area contributed by atoms with Crippen LogP contribution in [0.3, 0.4) is 0 Å². The van der Waals surface area contributed by atoms with E-state index in [2.05, 4.69) is 25.1 Å². The van der Waals surface area contributed by atoms with Crippen LogP contribution in [0.2, 0.25) is 0 Å². The van der Waals surface area contributed by atoms with E-state index >= 15 is 0 Å². The lowest BCUT2D eigenvalue weighted by Crippen LogP contribution is -2.51. The van der Waals surface area contributed by atoms with Crippen LogP contribution in [0, 0.1) is 5.92 Å². The van der Waals surface area contributed by atoms with Gasteiger partial charge in [-0.15, -0.1) is 0 Å². The molecule has 28 heavy (non-hydrogen) atoms. The maximum absolute atomic E-state index is 12.4. The van der Waals surface area contributed by atoms with Gasteiger partial charge in [-0.2, -0.15) is 0 Å². The van der Waals surface area contributed by atoms with Crippen LogP contribution < -0.4 is 10.2 Å². The summed E-state index contributed by atoms with van der Waals surface area (Å²) in [5, 5.41) is 3.00. The Kier molecular flexibility index (Phi) is 8.00. The third-order valence-electron chi connectivity index (χ3n) is 5.74. The summed E-state index contributed by atoms with van der Waals surface area (Å²) in [5.41, 5.74) is 0.910. The zero-order valence-corrected chi connectivity index (χ0v) is 17.1. The number of rotatable bonds is 8. The molecule has 0 spiro atoms. The molecule has 1 aromatic rings. The minimum Gasteiger partial charge on any atom is -0.383 e. The van der Waals surface area contributed by atoms with Crippen molar-refractivity contribution in [3.05, 3.63) is 18.1 Å². The highest BCUT2D eigenvalue weighted by molar-refractivity contribution is 5.78. The van der Waals surface area contributed by atoms with Crippen LogP contribution >= 0.6 is 0 Å². The summed E-state index contributed by atoms with van der Waals surface area (Å²) in [6.45, 7) is 5.59. The molecule has 0 bridgehead atoms. The fourth-order valence-electron chi connectivity index (χ4n) is 4.22. The van der Waals surface area contributed by atoms with Gasteiger partial charge >= 0.3 is 0 Å². The number of piperidine rings is 2.